The quantitative estimate of drug-likeness (QED) is 0.0393. The number of oxime groups is 2. The lowest BCUT2D eigenvalue weighted by Crippen LogP contribution is -2.45. The molecule has 1 aliphatic rings. The predicted octanol–water partition coefficient (Wildman–Crippen LogP) is 6.26. The summed E-state index contributed by atoms with van der Waals surface area (Å²) in [5.74, 6) is -1.52. The summed E-state index contributed by atoms with van der Waals surface area (Å²) in [6.07, 6.45) is -11.7. The zero-order valence-corrected chi connectivity index (χ0v) is 25.1. The fourth-order valence-corrected chi connectivity index (χ4v) is 4.25. The van der Waals surface area contributed by atoms with Gasteiger partial charge in [0.05, 0.1) is 28.2 Å². The van der Waals surface area contributed by atoms with Crippen LogP contribution in [-0.4, -0.2) is 72.8 Å². The first-order valence-corrected chi connectivity index (χ1v) is 14.0. The van der Waals surface area contributed by atoms with Crippen LogP contribution in [0.5, 0.6) is 0 Å². The van der Waals surface area contributed by atoms with Crippen LogP contribution >= 0.6 is 23.2 Å². The number of nitrogens with two attached hydrogens (primary N) is 1. The van der Waals surface area contributed by atoms with Gasteiger partial charge in [0.2, 0.25) is 5.90 Å². The molecule has 0 aliphatic heterocycles. The van der Waals surface area contributed by atoms with Crippen LogP contribution in [0.4, 0.5) is 31.1 Å². The monoisotopic (exact) mass is 676 g/mol. The molecule has 0 fully saturated rings. The Morgan fingerprint density at radius 3 is 2.43 bits per heavy atom. The van der Waals surface area contributed by atoms with E-state index in [-0.39, 0.29) is 41.8 Å². The van der Waals surface area contributed by atoms with Gasteiger partial charge in [-0.15, -0.1) is 0 Å². The van der Waals surface area contributed by atoms with E-state index in [1.807, 2.05) is 6.92 Å². The van der Waals surface area contributed by atoms with E-state index in [0.29, 0.717) is 24.7 Å². The summed E-state index contributed by atoms with van der Waals surface area (Å²) < 4.78 is 86.9. The zero-order chi connectivity index (χ0) is 33.1. The van der Waals surface area contributed by atoms with Gasteiger partial charge in [-0.25, -0.2) is 4.79 Å². The van der Waals surface area contributed by atoms with Crippen LogP contribution in [0.2, 0.25) is 10.0 Å². The van der Waals surface area contributed by atoms with E-state index in [9.17, 15) is 31.1 Å². The van der Waals surface area contributed by atoms with Gasteiger partial charge in [0, 0.05) is 25.1 Å². The maximum atomic E-state index is 13.5. The van der Waals surface area contributed by atoms with E-state index >= 15 is 0 Å². The number of amides is 2. The minimum Gasteiger partial charge on any atom is -0.470 e. The number of benzene rings is 1. The van der Waals surface area contributed by atoms with Gasteiger partial charge >= 0.3 is 24.4 Å². The molecule has 0 heterocycles. The molecule has 18 heteroatoms. The molecule has 2 unspecified atom stereocenters. The van der Waals surface area contributed by atoms with Crippen LogP contribution in [0, 0.1) is 0 Å². The van der Waals surface area contributed by atoms with Gasteiger partial charge in [-0.2, -0.15) is 26.3 Å². The van der Waals surface area contributed by atoms with Gasteiger partial charge in [0.1, 0.15) is 6.10 Å². The molecular weight excluding hydrogens is 645 g/mol. The highest BCUT2D eigenvalue weighted by atomic mass is 35.5. The number of nitrogens with one attached hydrogen (secondary N) is 2. The molecule has 1 aromatic rings. The Bertz CT molecular complexity index is 1260. The minimum absolute atomic E-state index is 0.0140. The Labute approximate surface area is 259 Å². The number of carbonyl (C=O) groups is 1. The highest BCUT2D eigenvalue weighted by Crippen LogP contribution is 2.39. The number of hydrogen-bond acceptors (Lipinski definition) is 7. The number of carbonyl (C=O) groups excluding carboxylic acids is 1. The summed E-state index contributed by atoms with van der Waals surface area (Å²) in [6.45, 7) is 4.75. The molecule has 246 valence electrons. The Hall–Kier alpha value is -3.37. The SMILES string of the molecule is CCCNC(=O)N(CC)CNCCC(/C(=N/O/C(N)=N/O)OC1C=C(C(F)(F)F)C=C(C(F)(F)F)C1)c1ccc(Cl)c(Cl)c1. The fraction of sp³-hybridized carbons (Fsp3) is 0.500. The Balaban J connectivity index is 2.45. The van der Waals surface area contributed by atoms with Gasteiger partial charge in [0.25, 0.3) is 0 Å². The van der Waals surface area contributed by atoms with Crippen molar-refractivity contribution in [3.05, 3.63) is 57.1 Å². The smallest absolute Gasteiger partial charge is 0.416 e. The molecule has 2 rings (SSSR count). The van der Waals surface area contributed by atoms with E-state index in [1.54, 1.807) is 6.92 Å². The number of hydrogen-bond donors (Lipinski definition) is 4. The van der Waals surface area contributed by atoms with Crippen LogP contribution in [0.15, 0.2) is 51.8 Å². The zero-order valence-electron chi connectivity index (χ0n) is 23.6. The summed E-state index contributed by atoms with van der Waals surface area (Å²) in [4.78, 5) is 18.6. The third-order valence-corrected chi connectivity index (χ3v) is 6.90. The first-order chi connectivity index (χ1) is 20.6. The number of nitrogens with zero attached hydrogens (tertiary/aromatic N) is 3. The maximum Gasteiger partial charge on any atom is 0.416 e. The first-order valence-electron chi connectivity index (χ1n) is 13.2. The van der Waals surface area contributed by atoms with Crippen molar-refractivity contribution in [2.45, 2.75) is 57.5 Å². The number of amidine groups is 1. The topological polar surface area (TPSA) is 134 Å². The summed E-state index contributed by atoms with van der Waals surface area (Å²) >= 11 is 12.2. The summed E-state index contributed by atoms with van der Waals surface area (Å²) in [5.41, 5.74) is 2.64. The van der Waals surface area contributed by atoms with Crippen molar-refractivity contribution in [3.63, 3.8) is 0 Å². The van der Waals surface area contributed by atoms with Crippen LogP contribution in [-0.2, 0) is 9.57 Å². The normalized spacial score (nSPS) is 17.0. The molecule has 2 amide bonds. The highest BCUT2D eigenvalue weighted by molar-refractivity contribution is 6.42. The van der Waals surface area contributed by atoms with Crippen molar-refractivity contribution in [2.75, 3.05) is 26.3 Å². The van der Waals surface area contributed by atoms with E-state index in [2.05, 4.69) is 20.9 Å². The number of ether oxygens (including phenoxy) is 1. The first kappa shape index (κ1) is 36.8. The Kier molecular flexibility index (Phi) is 13.9. The van der Waals surface area contributed by atoms with Crippen molar-refractivity contribution in [1.29, 1.82) is 0 Å². The van der Waals surface area contributed by atoms with E-state index in [4.69, 9.17) is 43.7 Å². The van der Waals surface area contributed by atoms with Crippen molar-refractivity contribution in [2.24, 2.45) is 16.0 Å². The maximum absolute atomic E-state index is 13.5. The molecule has 1 aliphatic carbocycles. The molecule has 0 radical (unpaired) electrons. The second-order valence-corrected chi connectivity index (χ2v) is 10.2. The molecule has 1 aromatic carbocycles. The predicted molar refractivity (Wildman–Crippen MR) is 152 cm³/mol. The van der Waals surface area contributed by atoms with Crippen LogP contribution in [0.1, 0.15) is 44.6 Å². The van der Waals surface area contributed by atoms with Gasteiger partial charge in [-0.1, -0.05) is 36.2 Å². The highest BCUT2D eigenvalue weighted by Gasteiger charge is 2.43. The molecule has 10 nitrogen and oxygen atoms in total. The third-order valence-electron chi connectivity index (χ3n) is 6.16. The molecule has 0 saturated heterocycles. The van der Waals surface area contributed by atoms with Crippen LogP contribution < -0.4 is 16.4 Å². The van der Waals surface area contributed by atoms with Gasteiger partial charge < -0.3 is 30.7 Å². The molecule has 44 heavy (non-hydrogen) atoms. The largest absolute Gasteiger partial charge is 0.470 e. The molecule has 0 aromatic heterocycles. The lowest BCUT2D eigenvalue weighted by Gasteiger charge is -2.28. The third kappa shape index (κ3) is 11.3. The molecule has 5 N–H and O–H groups in total. The number of rotatable bonds is 12. The minimum atomic E-state index is -5.11. The number of alkyl halides is 6. The summed E-state index contributed by atoms with van der Waals surface area (Å²) in [5, 5.41) is 21.2. The molecule has 0 saturated carbocycles. The average Bonchev–Trinajstić information content (AvgIpc) is 2.96. The molecular formula is C26H32Cl2F6N6O4. The second kappa shape index (κ2) is 16.6. The van der Waals surface area contributed by atoms with Gasteiger partial charge in [0.15, 0.2) is 0 Å². The lowest BCUT2D eigenvalue weighted by atomic mass is 9.94. The number of allylic oxidation sites excluding steroid dienone is 2. The van der Waals surface area contributed by atoms with Crippen molar-refractivity contribution >= 4 is 41.2 Å². The van der Waals surface area contributed by atoms with E-state index in [1.165, 1.54) is 23.1 Å². The Morgan fingerprint density at radius 2 is 1.86 bits per heavy atom. The van der Waals surface area contributed by atoms with Crippen molar-refractivity contribution in [3.8, 4) is 0 Å². The van der Waals surface area contributed by atoms with Crippen LogP contribution in [0.25, 0.3) is 0 Å². The van der Waals surface area contributed by atoms with E-state index in [0.717, 1.165) is 6.42 Å². The lowest BCUT2D eigenvalue weighted by molar-refractivity contribution is -0.101. The molecule has 0 bridgehead atoms. The average molecular weight is 677 g/mol. The van der Waals surface area contributed by atoms with E-state index < -0.39 is 53.9 Å². The van der Waals surface area contributed by atoms with Gasteiger partial charge in [-0.05, 0) is 66.5 Å². The fourth-order valence-electron chi connectivity index (χ4n) is 3.95. The summed E-state index contributed by atoms with van der Waals surface area (Å²) in [7, 11) is 0. The second-order valence-electron chi connectivity index (χ2n) is 9.37. The van der Waals surface area contributed by atoms with Gasteiger partial charge in [-0.3, -0.25) is 5.32 Å². The summed E-state index contributed by atoms with van der Waals surface area (Å²) in [6, 6.07) is 3.13. The molecule has 2 atom stereocenters. The van der Waals surface area contributed by atoms with Crippen molar-refractivity contribution in [1.82, 2.24) is 15.5 Å². The molecule has 0 spiro atoms. The van der Waals surface area contributed by atoms with Crippen LogP contribution in [0.3, 0.4) is 0 Å². The Morgan fingerprint density at radius 1 is 1.16 bits per heavy atom. The van der Waals surface area contributed by atoms with Crippen molar-refractivity contribution < 1.29 is 45.9 Å². The standard InChI is InChI=1S/C26H32Cl2F6N6O4/c1-3-8-37-24(41)40(4-2)14-36-9-7-19(15-5-6-20(27)21(28)10-15)22(39-44-23(35)38-42)43-18-12-16(25(29,30)31)11-17(13-18)26(32,33)34/h5-6,10-12,18-19,36,42H,3-4,7-9,13-14H2,1-2H3,(H2,35,38)(H,37,41)/b39-22-. The number of halogens is 8. The number of urea groups is 1.